The molecule has 2 amide bonds. The Kier molecular flexibility index (Phi) is 15.0. The average molecular weight is 641 g/mol. The number of carbonyl (C=O) groups is 2. The van der Waals surface area contributed by atoms with Crippen LogP contribution in [0.15, 0.2) is 108 Å². The molecule has 47 heavy (non-hydrogen) atoms. The number of benzene rings is 2. The lowest BCUT2D eigenvalue weighted by atomic mass is 10.2. The molecular weight excluding hydrogens is 604 g/mol. The fourth-order valence-electron chi connectivity index (χ4n) is 3.86. The summed E-state index contributed by atoms with van der Waals surface area (Å²) in [4.78, 5) is 32.0. The van der Waals surface area contributed by atoms with E-state index in [-0.39, 0.29) is 11.8 Å². The van der Waals surface area contributed by atoms with E-state index < -0.39 is 0 Å². The third-order valence-electron chi connectivity index (χ3n) is 6.18. The fourth-order valence-corrected chi connectivity index (χ4v) is 3.86. The molecule has 2 heterocycles. The third-order valence-corrected chi connectivity index (χ3v) is 6.18. The van der Waals surface area contributed by atoms with Crippen LogP contribution in [0.1, 0.15) is 31.8 Å². The molecule has 0 radical (unpaired) electrons. The Morgan fingerprint density at radius 2 is 0.894 bits per heavy atom. The molecule has 4 aromatic rings. The van der Waals surface area contributed by atoms with Gasteiger partial charge in [0.05, 0.1) is 52.1 Å². The predicted octanol–water partition coefficient (Wildman–Crippen LogP) is 3.51. The van der Waals surface area contributed by atoms with Gasteiger partial charge >= 0.3 is 0 Å². The molecule has 13 heteroatoms. The van der Waals surface area contributed by atoms with Gasteiger partial charge in [-0.2, -0.15) is 10.2 Å². The summed E-state index contributed by atoms with van der Waals surface area (Å²) in [6, 6.07) is 21.2. The number of nitrogens with zero attached hydrogens (tertiary/aromatic N) is 4. The Hall–Kier alpha value is -5.50. The van der Waals surface area contributed by atoms with Gasteiger partial charge in [-0.1, -0.05) is 24.3 Å². The first-order chi connectivity index (χ1) is 23.2. The Labute approximate surface area is 272 Å². The molecule has 13 nitrogen and oxygen atoms in total. The average Bonchev–Trinajstić information content (AvgIpc) is 3.12. The lowest BCUT2D eigenvalue weighted by molar-refractivity contribution is 0.00498. The molecule has 244 valence electrons. The second-order valence-electron chi connectivity index (χ2n) is 9.48. The number of amides is 2. The van der Waals surface area contributed by atoms with Gasteiger partial charge in [0.25, 0.3) is 11.8 Å². The highest BCUT2D eigenvalue weighted by molar-refractivity contribution is 5.95. The van der Waals surface area contributed by atoms with Crippen molar-refractivity contribution in [2.24, 2.45) is 10.2 Å². The SMILES string of the molecule is O=C(NN=Cc1ccccc1OCCOCCOCCOCCOc1ccccc1C=NNC(=O)c1ccncc1)c1ccncc1. The quantitative estimate of drug-likeness (QED) is 0.0839. The molecule has 0 saturated heterocycles. The van der Waals surface area contributed by atoms with E-state index in [1.165, 1.54) is 12.4 Å². The predicted molar refractivity (Wildman–Crippen MR) is 175 cm³/mol. The number of hydrogen-bond donors (Lipinski definition) is 2. The molecule has 0 unspecified atom stereocenters. The van der Waals surface area contributed by atoms with Crippen LogP contribution >= 0.6 is 0 Å². The maximum atomic E-state index is 12.1. The molecular formula is C34H36N6O7. The van der Waals surface area contributed by atoms with Gasteiger partial charge in [-0.25, -0.2) is 10.9 Å². The molecule has 0 atom stereocenters. The summed E-state index contributed by atoms with van der Waals surface area (Å²) >= 11 is 0. The molecule has 0 fully saturated rings. The van der Waals surface area contributed by atoms with Crippen molar-refractivity contribution in [3.05, 3.63) is 120 Å². The third kappa shape index (κ3) is 12.8. The highest BCUT2D eigenvalue weighted by Gasteiger charge is 2.06. The molecule has 2 N–H and O–H groups in total. The van der Waals surface area contributed by atoms with E-state index in [0.29, 0.717) is 75.5 Å². The van der Waals surface area contributed by atoms with Gasteiger partial charge in [-0.05, 0) is 48.5 Å². The van der Waals surface area contributed by atoms with E-state index in [0.717, 1.165) is 11.1 Å². The number of aromatic nitrogens is 2. The number of ether oxygens (including phenoxy) is 5. The fraction of sp³-hybridized carbons (Fsp3) is 0.235. The molecule has 2 aromatic heterocycles. The van der Waals surface area contributed by atoms with Crippen LogP contribution in [0.2, 0.25) is 0 Å². The zero-order valence-electron chi connectivity index (χ0n) is 25.7. The minimum atomic E-state index is -0.329. The molecule has 4 rings (SSSR count). The number of rotatable bonds is 20. The van der Waals surface area contributed by atoms with Gasteiger partial charge in [0, 0.05) is 47.0 Å². The Morgan fingerprint density at radius 1 is 0.532 bits per heavy atom. The number of pyridine rings is 2. The van der Waals surface area contributed by atoms with Crippen molar-refractivity contribution in [1.82, 2.24) is 20.8 Å². The Bertz CT molecular complexity index is 1450. The van der Waals surface area contributed by atoms with Gasteiger partial charge in [0.2, 0.25) is 0 Å². The van der Waals surface area contributed by atoms with E-state index in [1.54, 1.807) is 49.1 Å². The van der Waals surface area contributed by atoms with E-state index >= 15 is 0 Å². The van der Waals surface area contributed by atoms with Crippen molar-refractivity contribution in [2.75, 3.05) is 52.9 Å². The van der Waals surface area contributed by atoms with Crippen LogP contribution < -0.4 is 20.3 Å². The number of nitrogens with one attached hydrogen (secondary N) is 2. The minimum Gasteiger partial charge on any atom is -0.491 e. The van der Waals surface area contributed by atoms with E-state index in [2.05, 4.69) is 31.0 Å². The Morgan fingerprint density at radius 3 is 1.30 bits per heavy atom. The molecule has 2 aromatic carbocycles. The van der Waals surface area contributed by atoms with Crippen LogP contribution in [0.5, 0.6) is 11.5 Å². The van der Waals surface area contributed by atoms with Crippen LogP contribution in [0.4, 0.5) is 0 Å². The maximum absolute atomic E-state index is 12.1. The second kappa shape index (κ2) is 20.5. The summed E-state index contributed by atoms with van der Waals surface area (Å²) in [7, 11) is 0. The molecule has 0 aliphatic heterocycles. The molecule has 0 saturated carbocycles. The highest BCUT2D eigenvalue weighted by Crippen LogP contribution is 2.16. The van der Waals surface area contributed by atoms with E-state index in [4.69, 9.17) is 23.7 Å². The van der Waals surface area contributed by atoms with Crippen LogP contribution in [0, 0.1) is 0 Å². The van der Waals surface area contributed by atoms with Gasteiger partial charge in [0.1, 0.15) is 24.7 Å². The first kappa shape index (κ1) is 34.4. The highest BCUT2D eigenvalue weighted by atomic mass is 16.6. The largest absolute Gasteiger partial charge is 0.491 e. The normalized spacial score (nSPS) is 11.1. The smallest absolute Gasteiger partial charge is 0.271 e. The van der Waals surface area contributed by atoms with Crippen LogP contribution in [-0.4, -0.2) is 87.1 Å². The monoisotopic (exact) mass is 640 g/mol. The second-order valence-corrected chi connectivity index (χ2v) is 9.48. The topological polar surface area (TPSA) is 155 Å². The van der Waals surface area contributed by atoms with Gasteiger partial charge in [0.15, 0.2) is 0 Å². The summed E-state index contributed by atoms with van der Waals surface area (Å²) in [5.74, 6) is 0.588. The summed E-state index contributed by atoms with van der Waals surface area (Å²) in [6.07, 6.45) is 9.23. The van der Waals surface area contributed by atoms with Crippen molar-refractivity contribution in [1.29, 1.82) is 0 Å². The van der Waals surface area contributed by atoms with Gasteiger partial charge < -0.3 is 23.7 Å². The zero-order valence-corrected chi connectivity index (χ0v) is 25.7. The zero-order chi connectivity index (χ0) is 32.8. The lowest BCUT2D eigenvalue weighted by Gasteiger charge is -2.10. The van der Waals surface area contributed by atoms with E-state index in [1.807, 2.05) is 48.5 Å². The van der Waals surface area contributed by atoms with Crippen molar-refractivity contribution < 1.29 is 33.3 Å². The molecule has 0 aliphatic carbocycles. The van der Waals surface area contributed by atoms with Crippen molar-refractivity contribution in [3.8, 4) is 11.5 Å². The first-order valence-electron chi connectivity index (χ1n) is 14.8. The van der Waals surface area contributed by atoms with Gasteiger partial charge in [-0.3, -0.25) is 19.6 Å². The minimum absolute atomic E-state index is 0.329. The number of para-hydroxylation sites is 2. The number of hydrogen-bond acceptors (Lipinski definition) is 11. The lowest BCUT2D eigenvalue weighted by Crippen LogP contribution is -2.17. The van der Waals surface area contributed by atoms with Gasteiger partial charge in [-0.15, -0.1) is 0 Å². The number of hydrazone groups is 2. The van der Waals surface area contributed by atoms with Crippen LogP contribution in [0.25, 0.3) is 0 Å². The first-order valence-corrected chi connectivity index (χ1v) is 14.8. The van der Waals surface area contributed by atoms with Crippen LogP contribution in [-0.2, 0) is 14.2 Å². The van der Waals surface area contributed by atoms with E-state index in [9.17, 15) is 9.59 Å². The summed E-state index contributed by atoms with van der Waals surface area (Å²) in [6.45, 7) is 3.11. The summed E-state index contributed by atoms with van der Waals surface area (Å²) in [5, 5.41) is 8.04. The molecule has 0 bridgehead atoms. The Balaban J connectivity index is 1.01. The van der Waals surface area contributed by atoms with Crippen molar-refractivity contribution in [2.45, 2.75) is 0 Å². The van der Waals surface area contributed by atoms with Crippen molar-refractivity contribution in [3.63, 3.8) is 0 Å². The summed E-state index contributed by atoms with van der Waals surface area (Å²) < 4.78 is 28.3. The summed E-state index contributed by atoms with van der Waals surface area (Å²) in [5.41, 5.74) is 7.35. The number of carbonyl (C=O) groups excluding carboxylic acids is 2. The van der Waals surface area contributed by atoms with Crippen LogP contribution in [0.3, 0.4) is 0 Å². The van der Waals surface area contributed by atoms with Crippen molar-refractivity contribution >= 4 is 24.2 Å². The molecule has 0 spiro atoms. The standard InChI is InChI=1S/C34H36N6O7/c41-33(27-9-13-35-14-10-27)39-37-25-29-5-1-3-7-31(29)46-23-21-44-19-17-43-18-20-45-22-24-47-32-8-4-2-6-30(32)26-38-40-34(42)28-11-15-36-16-12-28/h1-16,25-26H,17-24H2,(H,39,41)(H,40,42). The maximum Gasteiger partial charge on any atom is 0.271 e. The molecule has 0 aliphatic rings.